The minimum absolute atomic E-state index is 0.0825. The van der Waals surface area contributed by atoms with Crippen LogP contribution in [0.5, 0.6) is 0 Å². The lowest BCUT2D eigenvalue weighted by molar-refractivity contribution is 0.598. The molecule has 1 unspecified atom stereocenters. The van der Waals surface area contributed by atoms with Gasteiger partial charge in [-0.05, 0) is 17.7 Å². The van der Waals surface area contributed by atoms with E-state index in [1.807, 2.05) is 30.3 Å². The molecule has 0 radical (unpaired) electrons. The molecule has 5 nitrogen and oxygen atoms in total. The molecule has 0 saturated carbocycles. The van der Waals surface area contributed by atoms with Crippen molar-refractivity contribution < 1.29 is 8.42 Å². The van der Waals surface area contributed by atoms with Crippen LogP contribution in [0.1, 0.15) is 11.7 Å². The number of fused-ring (bicyclic) bond motifs is 1. The Morgan fingerprint density at radius 2 is 1.65 bits per heavy atom. The molecule has 1 atom stereocenters. The van der Waals surface area contributed by atoms with Crippen LogP contribution < -0.4 is 15.8 Å². The minimum Gasteiger partial charge on any atom is -0.360 e. The lowest BCUT2D eigenvalue weighted by Gasteiger charge is -2.12. The Hall–Kier alpha value is -1.76. The van der Waals surface area contributed by atoms with Crippen molar-refractivity contribution in [3.63, 3.8) is 0 Å². The highest BCUT2D eigenvalue weighted by atomic mass is 35.5. The second-order valence-corrected chi connectivity index (χ2v) is 6.44. The molecule has 4 N–H and O–H groups in total. The fourth-order valence-electron chi connectivity index (χ4n) is 2.17. The summed E-state index contributed by atoms with van der Waals surface area (Å²) in [6.45, 7) is 0. The first-order chi connectivity index (χ1) is 9.45. The minimum atomic E-state index is -3.84. The Balaban J connectivity index is 1.99. The quantitative estimate of drug-likeness (QED) is 0.796. The third-order valence-electron chi connectivity index (χ3n) is 3.11. The maximum atomic E-state index is 11.5. The van der Waals surface area contributed by atoms with Crippen LogP contribution in [0.4, 0.5) is 11.4 Å². The van der Waals surface area contributed by atoms with Crippen LogP contribution in [-0.4, -0.2) is 8.42 Å². The molecule has 0 amide bonds. The summed E-state index contributed by atoms with van der Waals surface area (Å²) in [6, 6.07) is 12.8. The van der Waals surface area contributed by atoms with Crippen molar-refractivity contribution >= 4 is 33.0 Å². The van der Waals surface area contributed by atoms with E-state index in [2.05, 4.69) is 10.6 Å². The standard InChI is InChI=1S/C13H12ClN3O2S/c14-9-6-10-11(7-12(9)20(15,18)19)17-13(16-10)8-4-2-1-3-5-8/h1-7,13,16-17H,(H2,15,18,19). The number of anilines is 2. The third kappa shape index (κ3) is 2.33. The number of rotatable bonds is 2. The second kappa shape index (κ2) is 4.66. The molecule has 0 spiro atoms. The van der Waals surface area contributed by atoms with Crippen LogP contribution in [0.15, 0.2) is 47.4 Å². The Morgan fingerprint density at radius 1 is 1.05 bits per heavy atom. The topological polar surface area (TPSA) is 84.2 Å². The van der Waals surface area contributed by atoms with Gasteiger partial charge in [-0.1, -0.05) is 41.9 Å². The number of halogens is 1. The van der Waals surface area contributed by atoms with Gasteiger partial charge in [0, 0.05) is 0 Å². The molecule has 0 aliphatic carbocycles. The van der Waals surface area contributed by atoms with Crippen molar-refractivity contribution in [1.82, 2.24) is 0 Å². The highest BCUT2D eigenvalue weighted by Crippen LogP contribution is 2.39. The molecule has 2 aromatic rings. The molecule has 0 fully saturated rings. The lowest BCUT2D eigenvalue weighted by Crippen LogP contribution is -2.13. The van der Waals surface area contributed by atoms with Gasteiger partial charge in [0.15, 0.2) is 0 Å². The van der Waals surface area contributed by atoms with Gasteiger partial charge in [-0.2, -0.15) is 0 Å². The van der Waals surface area contributed by atoms with Gasteiger partial charge in [0.05, 0.1) is 16.4 Å². The summed E-state index contributed by atoms with van der Waals surface area (Å²) >= 11 is 5.96. The number of nitrogens with two attached hydrogens (primary N) is 1. The number of hydrogen-bond acceptors (Lipinski definition) is 4. The summed E-state index contributed by atoms with van der Waals surface area (Å²) < 4.78 is 22.9. The van der Waals surface area contributed by atoms with Crippen LogP contribution in [0.3, 0.4) is 0 Å². The van der Waals surface area contributed by atoms with E-state index in [0.29, 0.717) is 5.69 Å². The fraction of sp³-hybridized carbons (Fsp3) is 0.0769. The molecule has 7 heteroatoms. The summed E-state index contributed by atoms with van der Waals surface area (Å²) in [5, 5.41) is 11.7. The first kappa shape index (κ1) is 13.2. The molecule has 0 aromatic heterocycles. The van der Waals surface area contributed by atoms with E-state index in [-0.39, 0.29) is 16.1 Å². The summed E-state index contributed by atoms with van der Waals surface area (Å²) in [5.41, 5.74) is 2.44. The van der Waals surface area contributed by atoms with E-state index in [1.165, 1.54) is 6.07 Å². The van der Waals surface area contributed by atoms with Crippen molar-refractivity contribution in [2.45, 2.75) is 11.1 Å². The van der Waals surface area contributed by atoms with Gasteiger partial charge in [-0.25, -0.2) is 13.6 Å². The zero-order valence-electron chi connectivity index (χ0n) is 10.3. The Kier molecular flexibility index (Phi) is 3.08. The van der Waals surface area contributed by atoms with E-state index in [9.17, 15) is 8.42 Å². The number of benzene rings is 2. The molecule has 3 rings (SSSR count). The summed E-state index contributed by atoms with van der Waals surface area (Å²) in [5.74, 6) is 0. The summed E-state index contributed by atoms with van der Waals surface area (Å²) in [6.07, 6.45) is -0.127. The predicted octanol–water partition coefficient (Wildman–Crippen LogP) is 2.52. The van der Waals surface area contributed by atoms with Gasteiger partial charge in [0.1, 0.15) is 11.1 Å². The summed E-state index contributed by atoms with van der Waals surface area (Å²) in [7, 11) is -3.84. The van der Waals surface area contributed by atoms with E-state index in [4.69, 9.17) is 16.7 Å². The van der Waals surface area contributed by atoms with E-state index < -0.39 is 10.0 Å². The first-order valence-electron chi connectivity index (χ1n) is 5.89. The largest absolute Gasteiger partial charge is 0.360 e. The van der Waals surface area contributed by atoms with Crippen molar-refractivity contribution in [2.24, 2.45) is 5.14 Å². The van der Waals surface area contributed by atoms with Gasteiger partial charge in [-0.3, -0.25) is 0 Å². The molecular weight excluding hydrogens is 298 g/mol. The summed E-state index contributed by atoms with van der Waals surface area (Å²) in [4.78, 5) is -0.0825. The number of nitrogens with one attached hydrogen (secondary N) is 2. The van der Waals surface area contributed by atoms with E-state index in [1.54, 1.807) is 6.07 Å². The van der Waals surface area contributed by atoms with Crippen LogP contribution in [-0.2, 0) is 10.0 Å². The van der Waals surface area contributed by atoms with Crippen LogP contribution in [0, 0.1) is 0 Å². The molecule has 20 heavy (non-hydrogen) atoms. The molecule has 104 valence electrons. The molecule has 0 bridgehead atoms. The molecule has 1 aliphatic heterocycles. The zero-order valence-corrected chi connectivity index (χ0v) is 11.9. The monoisotopic (exact) mass is 309 g/mol. The van der Waals surface area contributed by atoms with Gasteiger partial charge in [0.2, 0.25) is 10.0 Å². The highest BCUT2D eigenvalue weighted by molar-refractivity contribution is 7.89. The smallest absolute Gasteiger partial charge is 0.239 e. The maximum Gasteiger partial charge on any atom is 0.239 e. The van der Waals surface area contributed by atoms with Gasteiger partial charge >= 0.3 is 0 Å². The Labute approximate surface area is 121 Å². The fourth-order valence-corrected chi connectivity index (χ4v) is 3.27. The molecule has 2 aromatic carbocycles. The number of primary sulfonamides is 1. The van der Waals surface area contributed by atoms with Crippen LogP contribution in [0.2, 0.25) is 5.02 Å². The normalized spacial score (nSPS) is 17.2. The average Bonchev–Trinajstić information content (AvgIpc) is 2.80. The number of sulfonamides is 1. The van der Waals surface area contributed by atoms with Crippen molar-refractivity contribution in [3.8, 4) is 0 Å². The van der Waals surface area contributed by atoms with E-state index in [0.717, 1.165) is 11.3 Å². The third-order valence-corrected chi connectivity index (χ3v) is 4.49. The van der Waals surface area contributed by atoms with E-state index >= 15 is 0 Å². The van der Waals surface area contributed by atoms with Crippen LogP contribution >= 0.6 is 11.6 Å². The first-order valence-corrected chi connectivity index (χ1v) is 7.82. The van der Waals surface area contributed by atoms with Crippen molar-refractivity contribution in [3.05, 3.63) is 53.1 Å². The van der Waals surface area contributed by atoms with Gasteiger partial charge < -0.3 is 10.6 Å². The Morgan fingerprint density at radius 3 is 2.25 bits per heavy atom. The average molecular weight is 310 g/mol. The highest BCUT2D eigenvalue weighted by Gasteiger charge is 2.24. The second-order valence-electron chi connectivity index (χ2n) is 4.51. The SMILES string of the molecule is NS(=O)(=O)c1cc2c(cc1Cl)NC(c1ccccc1)N2. The van der Waals surface area contributed by atoms with Gasteiger partial charge in [-0.15, -0.1) is 0 Å². The predicted molar refractivity (Wildman–Crippen MR) is 79.3 cm³/mol. The molecule has 0 saturated heterocycles. The molecule has 1 aliphatic rings. The zero-order chi connectivity index (χ0) is 14.3. The van der Waals surface area contributed by atoms with Crippen molar-refractivity contribution in [2.75, 3.05) is 10.6 Å². The maximum absolute atomic E-state index is 11.5. The lowest BCUT2D eigenvalue weighted by atomic mass is 10.2. The molecular formula is C13H12ClN3O2S. The molecule has 1 heterocycles. The number of hydrogen-bond donors (Lipinski definition) is 3. The van der Waals surface area contributed by atoms with Crippen LogP contribution in [0.25, 0.3) is 0 Å². The Bertz CT molecular complexity index is 763. The van der Waals surface area contributed by atoms with Crippen molar-refractivity contribution in [1.29, 1.82) is 0 Å². The van der Waals surface area contributed by atoms with Gasteiger partial charge in [0.25, 0.3) is 0 Å².